The van der Waals surface area contributed by atoms with Gasteiger partial charge < -0.3 is 5.11 Å². The zero-order valence-corrected chi connectivity index (χ0v) is 10.00. The zero-order chi connectivity index (χ0) is 13.0. The van der Waals surface area contributed by atoms with E-state index in [0.717, 1.165) is 17.0 Å². The van der Waals surface area contributed by atoms with E-state index in [-0.39, 0.29) is 6.42 Å². The van der Waals surface area contributed by atoms with Crippen LogP contribution in [-0.2, 0) is 11.2 Å². The number of aliphatic carboxylic acids is 1. The number of carbonyl (C=O) groups is 1. The molecule has 0 fully saturated rings. The maximum Gasteiger partial charge on any atom is 0.303 e. The second kappa shape index (κ2) is 5.35. The molecule has 92 valence electrons. The molecule has 2 aromatic heterocycles. The molecule has 0 amide bonds. The molecule has 18 heavy (non-hydrogen) atoms. The summed E-state index contributed by atoms with van der Waals surface area (Å²) in [5.74, 6) is -0.283. The molecule has 1 N–H and O–H groups in total. The maximum atomic E-state index is 10.5. The minimum absolute atomic E-state index is 0.0409. The van der Waals surface area contributed by atoms with Gasteiger partial charge in [-0.3, -0.25) is 9.78 Å². The Labute approximate surface area is 105 Å². The number of carboxylic acid groups (broad SMARTS) is 1. The van der Waals surface area contributed by atoms with Crippen LogP contribution >= 0.6 is 0 Å². The molecule has 0 aliphatic rings. The highest BCUT2D eigenvalue weighted by Gasteiger charge is 2.06. The third-order valence-corrected chi connectivity index (χ3v) is 2.44. The van der Waals surface area contributed by atoms with Crippen LogP contribution in [0.25, 0.3) is 11.3 Å². The van der Waals surface area contributed by atoms with Crippen molar-refractivity contribution in [3.05, 3.63) is 42.1 Å². The maximum absolute atomic E-state index is 10.5. The van der Waals surface area contributed by atoms with Gasteiger partial charge in [0.15, 0.2) is 0 Å². The second-order valence-corrected chi connectivity index (χ2v) is 3.94. The summed E-state index contributed by atoms with van der Waals surface area (Å²) in [5.41, 5.74) is 2.58. The lowest BCUT2D eigenvalue weighted by atomic mass is 10.1. The number of pyridine rings is 1. The zero-order valence-electron chi connectivity index (χ0n) is 10.00. The predicted octanol–water partition coefficient (Wildman–Crippen LogP) is 1.86. The second-order valence-electron chi connectivity index (χ2n) is 3.94. The highest BCUT2D eigenvalue weighted by atomic mass is 16.4. The fourth-order valence-electron chi connectivity index (χ4n) is 1.63. The van der Waals surface area contributed by atoms with Crippen LogP contribution in [-0.4, -0.2) is 26.0 Å². The van der Waals surface area contributed by atoms with E-state index in [1.807, 2.05) is 25.1 Å². The molecule has 2 heterocycles. The van der Waals surface area contributed by atoms with Crippen molar-refractivity contribution < 1.29 is 9.90 Å². The number of rotatable bonds is 4. The molecule has 0 atom stereocenters. The smallest absolute Gasteiger partial charge is 0.303 e. The van der Waals surface area contributed by atoms with Gasteiger partial charge in [-0.15, -0.1) is 0 Å². The summed E-state index contributed by atoms with van der Waals surface area (Å²) in [4.78, 5) is 23.1. The Balaban J connectivity index is 2.29. The van der Waals surface area contributed by atoms with Gasteiger partial charge in [0.2, 0.25) is 0 Å². The van der Waals surface area contributed by atoms with Gasteiger partial charge in [0.1, 0.15) is 5.82 Å². The molecule has 0 aromatic carbocycles. The van der Waals surface area contributed by atoms with Crippen molar-refractivity contribution >= 4 is 5.97 Å². The normalized spacial score (nSPS) is 10.3. The fraction of sp³-hybridized carbons (Fsp3) is 0.231. The predicted molar refractivity (Wildman–Crippen MR) is 66.0 cm³/mol. The molecule has 5 nitrogen and oxygen atoms in total. The Morgan fingerprint density at radius 3 is 2.67 bits per heavy atom. The van der Waals surface area contributed by atoms with Gasteiger partial charge >= 0.3 is 5.97 Å². The van der Waals surface area contributed by atoms with Crippen molar-refractivity contribution in [3.63, 3.8) is 0 Å². The van der Waals surface area contributed by atoms with Crippen molar-refractivity contribution in [2.24, 2.45) is 0 Å². The van der Waals surface area contributed by atoms with Gasteiger partial charge in [-0.2, -0.15) is 0 Å². The molecule has 2 aromatic rings. The average molecular weight is 243 g/mol. The average Bonchev–Trinajstić information content (AvgIpc) is 2.37. The summed E-state index contributed by atoms with van der Waals surface area (Å²) in [6, 6.07) is 5.60. The minimum atomic E-state index is -0.842. The topological polar surface area (TPSA) is 76.0 Å². The molecular weight excluding hydrogens is 230 g/mol. The van der Waals surface area contributed by atoms with Crippen LogP contribution in [0.5, 0.6) is 0 Å². The molecular formula is C13H13N3O2. The number of nitrogens with zero attached hydrogens (tertiary/aromatic N) is 3. The Morgan fingerprint density at radius 2 is 2.00 bits per heavy atom. The molecule has 5 heteroatoms. The van der Waals surface area contributed by atoms with Crippen molar-refractivity contribution in [1.82, 2.24) is 15.0 Å². The number of aromatic nitrogens is 3. The largest absolute Gasteiger partial charge is 0.481 e. The van der Waals surface area contributed by atoms with Crippen molar-refractivity contribution in [3.8, 4) is 11.3 Å². The van der Waals surface area contributed by atoms with Gasteiger partial charge in [0.25, 0.3) is 0 Å². The van der Waals surface area contributed by atoms with Gasteiger partial charge in [0, 0.05) is 30.1 Å². The lowest BCUT2D eigenvalue weighted by molar-refractivity contribution is -0.137. The molecule has 0 aliphatic carbocycles. The summed E-state index contributed by atoms with van der Waals surface area (Å²) in [6.45, 7) is 1.87. The van der Waals surface area contributed by atoms with E-state index >= 15 is 0 Å². The van der Waals surface area contributed by atoms with E-state index < -0.39 is 5.97 Å². The Bertz CT molecular complexity index is 555. The van der Waals surface area contributed by atoms with E-state index in [2.05, 4.69) is 15.0 Å². The quantitative estimate of drug-likeness (QED) is 0.887. The molecule has 0 radical (unpaired) electrons. The molecule has 0 unspecified atom stereocenters. The van der Waals surface area contributed by atoms with Gasteiger partial charge in [-0.25, -0.2) is 9.97 Å². The standard InChI is InChI=1S/C13H13N3O2/c1-9-8-11(10-4-6-14-7-5-10)16-12(15-9)2-3-13(17)18/h4-8H,2-3H2,1H3,(H,17,18). The third-order valence-electron chi connectivity index (χ3n) is 2.44. The first-order chi connectivity index (χ1) is 8.65. The van der Waals surface area contributed by atoms with Crippen LogP contribution in [0, 0.1) is 6.92 Å². The highest BCUT2D eigenvalue weighted by molar-refractivity contribution is 5.67. The van der Waals surface area contributed by atoms with Crippen molar-refractivity contribution in [1.29, 1.82) is 0 Å². The van der Waals surface area contributed by atoms with Crippen LogP contribution in [0.4, 0.5) is 0 Å². The highest BCUT2D eigenvalue weighted by Crippen LogP contribution is 2.16. The Kier molecular flexibility index (Phi) is 3.62. The van der Waals surface area contributed by atoms with Gasteiger partial charge in [-0.05, 0) is 25.1 Å². The van der Waals surface area contributed by atoms with Crippen LogP contribution in [0.1, 0.15) is 17.9 Å². The molecule has 2 rings (SSSR count). The Morgan fingerprint density at radius 1 is 1.28 bits per heavy atom. The monoisotopic (exact) mass is 243 g/mol. The lowest BCUT2D eigenvalue weighted by Crippen LogP contribution is -2.03. The summed E-state index contributed by atoms with van der Waals surface area (Å²) >= 11 is 0. The van der Waals surface area contributed by atoms with Gasteiger partial charge in [0.05, 0.1) is 12.1 Å². The van der Waals surface area contributed by atoms with E-state index in [0.29, 0.717) is 12.2 Å². The number of hydrogen-bond donors (Lipinski definition) is 1. The van der Waals surface area contributed by atoms with E-state index in [1.165, 1.54) is 0 Å². The van der Waals surface area contributed by atoms with Crippen LogP contribution in [0.15, 0.2) is 30.6 Å². The van der Waals surface area contributed by atoms with E-state index in [1.54, 1.807) is 12.4 Å². The molecule has 0 saturated heterocycles. The summed E-state index contributed by atoms with van der Waals surface area (Å²) in [6.07, 6.45) is 3.78. The van der Waals surface area contributed by atoms with Crippen LogP contribution < -0.4 is 0 Å². The first-order valence-electron chi connectivity index (χ1n) is 5.62. The van der Waals surface area contributed by atoms with E-state index in [9.17, 15) is 4.79 Å². The molecule has 0 bridgehead atoms. The number of aryl methyl sites for hydroxylation is 2. The number of hydrogen-bond acceptors (Lipinski definition) is 4. The molecule has 0 spiro atoms. The van der Waals surface area contributed by atoms with Gasteiger partial charge in [-0.1, -0.05) is 0 Å². The molecule has 0 saturated carbocycles. The number of carboxylic acids is 1. The fourth-order valence-corrected chi connectivity index (χ4v) is 1.63. The van der Waals surface area contributed by atoms with Crippen molar-refractivity contribution in [2.75, 3.05) is 0 Å². The Hall–Kier alpha value is -2.30. The molecule has 0 aliphatic heterocycles. The lowest BCUT2D eigenvalue weighted by Gasteiger charge is -2.05. The first kappa shape index (κ1) is 12.2. The first-order valence-corrected chi connectivity index (χ1v) is 5.62. The summed E-state index contributed by atoms with van der Waals surface area (Å²) < 4.78 is 0. The van der Waals surface area contributed by atoms with E-state index in [4.69, 9.17) is 5.11 Å². The van der Waals surface area contributed by atoms with Crippen molar-refractivity contribution in [2.45, 2.75) is 19.8 Å². The van der Waals surface area contributed by atoms with Crippen LogP contribution in [0.3, 0.4) is 0 Å². The summed E-state index contributed by atoms with van der Waals surface area (Å²) in [5, 5.41) is 8.67. The minimum Gasteiger partial charge on any atom is -0.481 e. The third kappa shape index (κ3) is 3.10. The van der Waals surface area contributed by atoms with Crippen LogP contribution in [0.2, 0.25) is 0 Å². The summed E-state index contributed by atoms with van der Waals surface area (Å²) in [7, 11) is 0. The SMILES string of the molecule is Cc1cc(-c2ccncc2)nc(CCC(=O)O)n1.